The predicted molar refractivity (Wildman–Crippen MR) is 66.4 cm³/mol. The van der Waals surface area contributed by atoms with Gasteiger partial charge in [0.05, 0.1) is 11.4 Å². The average molecular weight is 291 g/mol. The van der Waals surface area contributed by atoms with E-state index in [-0.39, 0.29) is 29.1 Å². The summed E-state index contributed by atoms with van der Waals surface area (Å²) < 4.78 is 0. The van der Waals surface area contributed by atoms with Gasteiger partial charge in [0.2, 0.25) is 11.8 Å². The van der Waals surface area contributed by atoms with Crippen LogP contribution in [0.1, 0.15) is 26.7 Å². The van der Waals surface area contributed by atoms with Gasteiger partial charge in [0.1, 0.15) is 0 Å². The first-order valence-electron chi connectivity index (χ1n) is 5.72. The van der Waals surface area contributed by atoms with Crippen molar-refractivity contribution in [1.82, 2.24) is 10.2 Å². The highest BCUT2D eigenvalue weighted by Crippen LogP contribution is 2.11. The summed E-state index contributed by atoms with van der Waals surface area (Å²) in [6, 6.07) is 0. The minimum atomic E-state index is -0.223. The van der Waals surface area contributed by atoms with Crippen LogP contribution in [-0.4, -0.2) is 41.2 Å². The third kappa shape index (κ3) is 3.77. The lowest BCUT2D eigenvalue weighted by Crippen LogP contribution is -2.42. The maximum atomic E-state index is 11.6. The number of likely N-dealkylation sites (tertiary alicyclic amines) is 1. The zero-order valence-electron chi connectivity index (χ0n) is 9.83. The fourth-order valence-electron chi connectivity index (χ4n) is 1.64. The van der Waals surface area contributed by atoms with Crippen LogP contribution in [0.4, 0.5) is 0 Å². The summed E-state index contributed by atoms with van der Waals surface area (Å²) in [5, 5.41) is 2.66. The summed E-state index contributed by atoms with van der Waals surface area (Å²) in [5.41, 5.74) is 0. The number of nitrogens with one attached hydrogen (secondary N) is 1. The topological polar surface area (TPSA) is 49.4 Å². The van der Waals surface area contributed by atoms with E-state index < -0.39 is 0 Å². The monoisotopic (exact) mass is 290 g/mol. The second-order valence-electron chi connectivity index (χ2n) is 4.45. The number of carbonyl (C=O) groups is 2. The maximum Gasteiger partial charge on any atom is 0.241 e. The van der Waals surface area contributed by atoms with E-state index in [4.69, 9.17) is 0 Å². The van der Waals surface area contributed by atoms with E-state index in [9.17, 15) is 9.59 Å². The van der Waals surface area contributed by atoms with E-state index in [1.807, 2.05) is 13.8 Å². The van der Waals surface area contributed by atoms with Gasteiger partial charge in [0.25, 0.3) is 0 Å². The Kier molecular flexibility index (Phi) is 5.25. The molecule has 4 nitrogen and oxygen atoms in total. The first-order valence-corrected chi connectivity index (χ1v) is 6.63. The van der Waals surface area contributed by atoms with Gasteiger partial charge in [0.15, 0.2) is 0 Å². The molecule has 2 amide bonds. The lowest BCUT2D eigenvalue weighted by Gasteiger charge is -2.17. The summed E-state index contributed by atoms with van der Waals surface area (Å²) in [6.45, 7) is 5.70. The molecular formula is C11H19BrN2O2. The fraction of sp³-hybridized carbons (Fsp3) is 0.818. The van der Waals surface area contributed by atoms with Crippen molar-refractivity contribution in [2.75, 3.05) is 19.6 Å². The van der Waals surface area contributed by atoms with E-state index in [1.165, 1.54) is 0 Å². The Balaban J connectivity index is 2.28. The Morgan fingerprint density at radius 3 is 2.38 bits per heavy atom. The summed E-state index contributed by atoms with van der Waals surface area (Å²) in [4.78, 5) is 24.8. The van der Waals surface area contributed by atoms with Gasteiger partial charge in [-0.15, -0.1) is 0 Å². The molecular weight excluding hydrogens is 272 g/mol. The number of rotatable bonds is 4. The van der Waals surface area contributed by atoms with Crippen LogP contribution in [0.25, 0.3) is 0 Å². The number of alkyl halides is 1. The molecule has 0 saturated carbocycles. The van der Waals surface area contributed by atoms with Crippen molar-refractivity contribution >= 4 is 27.7 Å². The molecule has 1 aliphatic heterocycles. The Morgan fingerprint density at radius 2 is 1.88 bits per heavy atom. The van der Waals surface area contributed by atoms with E-state index in [0.29, 0.717) is 0 Å². The molecule has 0 aromatic rings. The van der Waals surface area contributed by atoms with Crippen LogP contribution in [-0.2, 0) is 9.59 Å². The van der Waals surface area contributed by atoms with Gasteiger partial charge < -0.3 is 10.2 Å². The molecule has 5 heteroatoms. The largest absolute Gasteiger partial charge is 0.346 e. The van der Waals surface area contributed by atoms with Crippen molar-refractivity contribution in [2.24, 2.45) is 5.92 Å². The second kappa shape index (κ2) is 6.23. The van der Waals surface area contributed by atoms with Crippen molar-refractivity contribution in [3.63, 3.8) is 0 Å². The molecule has 0 radical (unpaired) electrons. The van der Waals surface area contributed by atoms with E-state index in [0.717, 1.165) is 25.9 Å². The first-order chi connectivity index (χ1) is 7.52. The molecule has 16 heavy (non-hydrogen) atoms. The molecule has 1 unspecified atom stereocenters. The number of carbonyl (C=O) groups excluding carboxylic acids is 2. The van der Waals surface area contributed by atoms with Crippen molar-refractivity contribution in [3.05, 3.63) is 0 Å². The molecule has 0 bridgehead atoms. The second-order valence-corrected chi connectivity index (χ2v) is 5.44. The highest BCUT2D eigenvalue weighted by molar-refractivity contribution is 9.10. The smallest absolute Gasteiger partial charge is 0.241 e. The van der Waals surface area contributed by atoms with Crippen molar-refractivity contribution in [2.45, 2.75) is 31.5 Å². The zero-order valence-corrected chi connectivity index (χ0v) is 11.4. The van der Waals surface area contributed by atoms with E-state index >= 15 is 0 Å². The highest BCUT2D eigenvalue weighted by atomic mass is 79.9. The number of amides is 2. The van der Waals surface area contributed by atoms with Crippen LogP contribution in [0, 0.1) is 5.92 Å². The summed E-state index contributed by atoms with van der Waals surface area (Å²) >= 11 is 3.30. The summed E-state index contributed by atoms with van der Waals surface area (Å²) in [6.07, 6.45) is 2.15. The quantitative estimate of drug-likeness (QED) is 0.790. The first kappa shape index (κ1) is 13.5. The summed E-state index contributed by atoms with van der Waals surface area (Å²) in [5.74, 6) is 0.138. The lowest BCUT2D eigenvalue weighted by molar-refractivity contribution is -0.132. The van der Waals surface area contributed by atoms with Crippen LogP contribution in [0.2, 0.25) is 0 Å². The van der Waals surface area contributed by atoms with Crippen molar-refractivity contribution < 1.29 is 9.59 Å². The molecule has 0 aromatic heterocycles. The average Bonchev–Trinajstić information content (AvgIpc) is 2.77. The van der Waals surface area contributed by atoms with Gasteiger partial charge >= 0.3 is 0 Å². The Bertz CT molecular complexity index is 249. The van der Waals surface area contributed by atoms with Gasteiger partial charge in [-0.25, -0.2) is 0 Å². The predicted octanol–water partition coefficient (Wildman–Crippen LogP) is 1.14. The van der Waals surface area contributed by atoms with E-state index in [2.05, 4.69) is 21.2 Å². The molecule has 0 aliphatic carbocycles. The molecule has 0 aromatic carbocycles. The van der Waals surface area contributed by atoms with Gasteiger partial charge in [-0.1, -0.05) is 29.8 Å². The third-order valence-corrected chi connectivity index (χ3v) is 4.18. The van der Waals surface area contributed by atoms with E-state index in [1.54, 1.807) is 4.90 Å². The Hall–Kier alpha value is -0.580. The SMILES string of the molecule is CC(C)C(Br)C(=O)NCC(=O)N1CCCC1. The van der Waals surface area contributed by atoms with Crippen molar-refractivity contribution in [1.29, 1.82) is 0 Å². The van der Waals surface area contributed by atoms with Gasteiger partial charge in [-0.2, -0.15) is 0 Å². The molecule has 1 N–H and O–H groups in total. The number of hydrogen-bond acceptors (Lipinski definition) is 2. The normalized spacial score (nSPS) is 17.6. The molecule has 92 valence electrons. The van der Waals surface area contributed by atoms with Gasteiger partial charge in [-0.05, 0) is 18.8 Å². The minimum Gasteiger partial charge on any atom is -0.346 e. The van der Waals surface area contributed by atoms with Gasteiger partial charge in [0, 0.05) is 13.1 Å². The Morgan fingerprint density at radius 1 is 1.31 bits per heavy atom. The molecule has 1 saturated heterocycles. The molecule has 1 heterocycles. The van der Waals surface area contributed by atoms with Crippen LogP contribution < -0.4 is 5.32 Å². The lowest BCUT2D eigenvalue weighted by atomic mass is 10.1. The molecule has 1 fully saturated rings. The fourth-order valence-corrected chi connectivity index (χ4v) is 1.80. The third-order valence-electron chi connectivity index (χ3n) is 2.71. The molecule has 1 aliphatic rings. The number of hydrogen-bond donors (Lipinski definition) is 1. The van der Waals surface area contributed by atoms with Crippen LogP contribution in [0.5, 0.6) is 0 Å². The number of halogens is 1. The summed E-state index contributed by atoms with van der Waals surface area (Å²) in [7, 11) is 0. The zero-order chi connectivity index (χ0) is 12.1. The molecule has 1 atom stereocenters. The van der Waals surface area contributed by atoms with Crippen LogP contribution >= 0.6 is 15.9 Å². The number of nitrogens with zero attached hydrogens (tertiary/aromatic N) is 1. The molecule has 0 spiro atoms. The maximum absolute atomic E-state index is 11.6. The van der Waals surface area contributed by atoms with Crippen LogP contribution in [0.3, 0.4) is 0 Å². The minimum absolute atomic E-state index is 0.0225. The Labute approximate surface area is 105 Å². The highest BCUT2D eigenvalue weighted by Gasteiger charge is 2.21. The molecule has 1 rings (SSSR count). The standard InChI is InChI=1S/C11H19BrN2O2/c1-8(2)10(12)11(16)13-7-9(15)14-5-3-4-6-14/h8,10H,3-7H2,1-2H3,(H,13,16). The van der Waals surface area contributed by atoms with Crippen LogP contribution in [0.15, 0.2) is 0 Å². The van der Waals surface area contributed by atoms with Gasteiger partial charge in [-0.3, -0.25) is 9.59 Å². The van der Waals surface area contributed by atoms with Crippen molar-refractivity contribution in [3.8, 4) is 0 Å².